The number of nitrogens with two attached hydrogens (primary N) is 1. The number of unbranched alkanes of at least 4 members (excludes halogenated alkanes) is 3. The third-order valence-corrected chi connectivity index (χ3v) is 13.3. The van der Waals surface area contributed by atoms with Crippen LogP contribution in [-0.4, -0.2) is 92.0 Å². The normalized spacial score (nSPS) is 18.6. The van der Waals surface area contributed by atoms with Gasteiger partial charge in [0.1, 0.15) is 5.83 Å². The summed E-state index contributed by atoms with van der Waals surface area (Å²) >= 11 is 1.89. The molecule has 288 valence electrons. The third kappa shape index (κ3) is 10.2. The second-order valence-electron chi connectivity index (χ2n) is 13.9. The van der Waals surface area contributed by atoms with Gasteiger partial charge in [0.2, 0.25) is 15.9 Å². The number of allylic oxidation sites excluding steroid dienone is 1. The second kappa shape index (κ2) is 18.4. The first kappa shape index (κ1) is 40.3. The van der Waals surface area contributed by atoms with Crippen molar-refractivity contribution in [3.8, 4) is 0 Å². The minimum atomic E-state index is -3.57. The molecule has 0 aliphatic carbocycles. The van der Waals surface area contributed by atoms with E-state index >= 15 is 0 Å². The Kier molecular flexibility index (Phi) is 14.0. The van der Waals surface area contributed by atoms with Gasteiger partial charge >= 0.3 is 6.03 Å². The van der Waals surface area contributed by atoms with E-state index in [1.54, 1.807) is 30.3 Å². The highest BCUT2D eigenvalue weighted by Crippen LogP contribution is 2.33. The number of carbonyl (C=O) groups is 3. The maximum absolute atomic E-state index is 14.7. The molecule has 2 fully saturated rings. The van der Waals surface area contributed by atoms with Gasteiger partial charge in [-0.3, -0.25) is 9.59 Å². The van der Waals surface area contributed by atoms with E-state index in [0.29, 0.717) is 36.7 Å². The van der Waals surface area contributed by atoms with Crippen LogP contribution < -0.4 is 27.0 Å². The van der Waals surface area contributed by atoms with Gasteiger partial charge in [-0.1, -0.05) is 18.6 Å². The number of nitrogens with one attached hydrogen (secondary N) is 4. The molecule has 4 amide bonds. The molecule has 0 spiro atoms. The van der Waals surface area contributed by atoms with Gasteiger partial charge in [-0.05, 0) is 93.0 Å². The maximum Gasteiger partial charge on any atom is 0.315 e. The molecule has 2 aliphatic rings. The van der Waals surface area contributed by atoms with Gasteiger partial charge in [-0.25, -0.2) is 21.9 Å². The van der Waals surface area contributed by atoms with Gasteiger partial charge in [0, 0.05) is 73.3 Å². The molecular weight excluding hydrogens is 718 g/mol. The van der Waals surface area contributed by atoms with Crippen LogP contribution in [0.2, 0.25) is 0 Å². The summed E-state index contributed by atoms with van der Waals surface area (Å²) in [6.07, 6.45) is 7.49. The Hall–Kier alpha value is -3.92. The standard InChI is InChI=1S/C38H52FN7O5S2/c1-25-30(21-26-11-14-29(15-12-26)53(50,51)45(2)3)31-22-27(13-16-33(31)46(25)23-28(39)17-18-40)37(48)42-20-8-4-7-19-41-35(47)10-6-5-9-34-36-32(24-52-34)43-38(49)44-36/h11-17,22,32,34,36H,4-10,18-21,23-24,40H2,1-3H3,(H,41,47)(H,42,48)(H2,43,44,49)/b28-17-/t32-,34-,36-/m0/s1. The van der Waals surface area contributed by atoms with Crippen LogP contribution in [0.5, 0.6) is 0 Å². The monoisotopic (exact) mass is 769 g/mol. The van der Waals surface area contributed by atoms with Crippen LogP contribution in [0.25, 0.3) is 10.9 Å². The topological polar surface area (TPSA) is 168 Å². The van der Waals surface area contributed by atoms with E-state index in [9.17, 15) is 27.2 Å². The Labute approximate surface area is 315 Å². The summed E-state index contributed by atoms with van der Waals surface area (Å²) in [4.78, 5) is 37.3. The molecule has 15 heteroatoms. The van der Waals surface area contributed by atoms with Crippen molar-refractivity contribution in [1.29, 1.82) is 0 Å². The quantitative estimate of drug-likeness (QED) is 0.0893. The maximum atomic E-state index is 14.7. The van der Waals surface area contributed by atoms with Gasteiger partial charge in [-0.15, -0.1) is 0 Å². The Morgan fingerprint density at radius 1 is 1.04 bits per heavy atom. The zero-order chi connectivity index (χ0) is 38.1. The number of carbonyl (C=O) groups excluding carboxylic acids is 3. The number of hydrogen-bond donors (Lipinski definition) is 5. The van der Waals surface area contributed by atoms with E-state index in [1.165, 1.54) is 24.5 Å². The largest absolute Gasteiger partial charge is 0.356 e. The number of sulfonamides is 1. The molecule has 1 aromatic heterocycles. The van der Waals surface area contributed by atoms with Crippen molar-refractivity contribution >= 4 is 50.5 Å². The van der Waals surface area contributed by atoms with Crippen LogP contribution in [0.1, 0.15) is 72.1 Å². The van der Waals surface area contributed by atoms with Crippen molar-refractivity contribution in [3.63, 3.8) is 0 Å². The fourth-order valence-corrected chi connectivity index (χ4v) is 9.42. The lowest BCUT2D eigenvalue weighted by atomic mass is 10.0. The van der Waals surface area contributed by atoms with E-state index in [2.05, 4.69) is 21.3 Å². The van der Waals surface area contributed by atoms with E-state index in [1.807, 2.05) is 35.4 Å². The molecule has 2 saturated heterocycles. The van der Waals surface area contributed by atoms with Crippen molar-refractivity contribution in [2.24, 2.45) is 5.73 Å². The summed E-state index contributed by atoms with van der Waals surface area (Å²) in [5, 5.41) is 13.2. The first-order valence-corrected chi connectivity index (χ1v) is 20.8. The van der Waals surface area contributed by atoms with Crippen LogP contribution in [0.3, 0.4) is 0 Å². The molecule has 3 aromatic rings. The molecule has 0 bridgehead atoms. The van der Waals surface area contributed by atoms with Gasteiger partial charge in [0.05, 0.1) is 23.5 Å². The Morgan fingerprint density at radius 2 is 1.77 bits per heavy atom. The predicted molar refractivity (Wildman–Crippen MR) is 208 cm³/mol. The highest BCUT2D eigenvalue weighted by atomic mass is 32.2. The lowest BCUT2D eigenvalue weighted by Crippen LogP contribution is -2.36. The van der Waals surface area contributed by atoms with Crippen LogP contribution in [0.15, 0.2) is 59.3 Å². The number of hydrogen-bond acceptors (Lipinski definition) is 7. The Bertz CT molecular complexity index is 1910. The summed E-state index contributed by atoms with van der Waals surface area (Å²) in [7, 11) is -0.590. The van der Waals surface area contributed by atoms with Crippen LogP contribution in [-0.2, 0) is 27.8 Å². The van der Waals surface area contributed by atoms with Crippen LogP contribution >= 0.6 is 11.8 Å². The first-order chi connectivity index (χ1) is 25.4. The van der Waals surface area contributed by atoms with Gasteiger partial charge < -0.3 is 31.6 Å². The van der Waals surface area contributed by atoms with Crippen LogP contribution in [0, 0.1) is 6.92 Å². The number of aromatic nitrogens is 1. The Morgan fingerprint density at radius 3 is 2.49 bits per heavy atom. The first-order valence-electron chi connectivity index (χ1n) is 18.3. The third-order valence-electron chi connectivity index (χ3n) is 9.99. The van der Waals surface area contributed by atoms with Gasteiger partial charge in [0.15, 0.2) is 0 Å². The molecule has 2 aliphatic heterocycles. The number of fused-ring (bicyclic) bond motifs is 2. The van der Waals surface area contributed by atoms with Gasteiger partial charge in [-0.2, -0.15) is 11.8 Å². The molecule has 53 heavy (non-hydrogen) atoms. The molecule has 6 N–H and O–H groups in total. The van der Waals surface area contributed by atoms with E-state index in [0.717, 1.165) is 72.0 Å². The fraction of sp³-hybridized carbons (Fsp3) is 0.500. The highest BCUT2D eigenvalue weighted by molar-refractivity contribution is 8.00. The minimum Gasteiger partial charge on any atom is -0.356 e. The fourth-order valence-electron chi connectivity index (χ4n) is 6.98. The summed E-state index contributed by atoms with van der Waals surface area (Å²) in [6, 6.07) is 12.5. The molecule has 5 rings (SSSR count). The minimum absolute atomic E-state index is 0.00595. The molecule has 0 unspecified atom stereocenters. The number of halogens is 1. The smallest absolute Gasteiger partial charge is 0.315 e. The number of benzene rings is 2. The van der Waals surface area contributed by atoms with Crippen molar-refractivity contribution < 1.29 is 27.2 Å². The predicted octanol–water partition coefficient (Wildman–Crippen LogP) is 4.35. The lowest BCUT2D eigenvalue weighted by molar-refractivity contribution is -0.121. The lowest BCUT2D eigenvalue weighted by Gasteiger charge is -2.16. The molecule has 0 radical (unpaired) electrons. The van der Waals surface area contributed by atoms with Crippen molar-refractivity contribution in [1.82, 2.24) is 30.1 Å². The van der Waals surface area contributed by atoms with Crippen LogP contribution in [0.4, 0.5) is 9.18 Å². The summed E-state index contributed by atoms with van der Waals surface area (Å²) in [5.41, 5.74) is 9.46. The highest BCUT2D eigenvalue weighted by Gasteiger charge is 2.42. The molecular formula is C38H52FN7O5S2. The van der Waals surface area contributed by atoms with Crippen molar-refractivity contribution in [3.05, 3.63) is 76.8 Å². The van der Waals surface area contributed by atoms with E-state index in [-0.39, 0.29) is 53.7 Å². The summed E-state index contributed by atoms with van der Waals surface area (Å²) < 4.78 is 42.9. The number of thioether (sulfide) groups is 1. The number of amides is 4. The van der Waals surface area contributed by atoms with Gasteiger partial charge in [0.25, 0.3) is 5.91 Å². The summed E-state index contributed by atoms with van der Waals surface area (Å²) in [5.74, 6) is 0.430. The molecule has 12 nitrogen and oxygen atoms in total. The molecule has 0 saturated carbocycles. The Balaban J connectivity index is 1.09. The molecule has 3 atom stereocenters. The SMILES string of the molecule is Cc1c(Cc2ccc(S(=O)(=O)N(C)C)cc2)c2cc(C(=O)NCCCCCNC(=O)CCCC[C@@H]3SC[C@@H]4NC(=O)N[C@@H]43)ccc2n1C/C(F)=C/CN. The zero-order valence-corrected chi connectivity index (χ0v) is 32.4. The molecule has 3 heterocycles. The van der Waals surface area contributed by atoms with E-state index in [4.69, 9.17) is 5.73 Å². The number of nitrogens with zero attached hydrogens (tertiary/aromatic N) is 2. The van der Waals surface area contributed by atoms with Crippen molar-refractivity contribution in [2.75, 3.05) is 39.5 Å². The molecule has 2 aromatic carbocycles. The number of urea groups is 1. The average molecular weight is 770 g/mol. The average Bonchev–Trinajstić information content (AvgIpc) is 3.76. The zero-order valence-electron chi connectivity index (χ0n) is 30.8. The van der Waals surface area contributed by atoms with Crippen molar-refractivity contribution in [2.45, 2.75) is 87.1 Å². The summed E-state index contributed by atoms with van der Waals surface area (Å²) in [6.45, 7) is 3.09. The van der Waals surface area contributed by atoms with E-state index < -0.39 is 10.0 Å². The second-order valence-corrected chi connectivity index (χ2v) is 17.3. The number of rotatable bonds is 19.